The molecule has 21 heavy (non-hydrogen) atoms. The summed E-state index contributed by atoms with van der Waals surface area (Å²) in [5.74, 6) is 1.44. The quantitative estimate of drug-likeness (QED) is 0.725. The van der Waals surface area contributed by atoms with Gasteiger partial charge in [0, 0.05) is 28.2 Å². The zero-order chi connectivity index (χ0) is 15.2. The Morgan fingerprint density at radius 1 is 1.38 bits per heavy atom. The summed E-state index contributed by atoms with van der Waals surface area (Å²) in [4.78, 5) is 2.55. The Labute approximate surface area is 146 Å². The SMILES string of the molecule is CC(C)C1CNC(C)(C2CC2)CN1c1ccc(I)cc1Cl. The van der Waals surface area contributed by atoms with Crippen molar-refractivity contribution >= 4 is 39.9 Å². The van der Waals surface area contributed by atoms with Gasteiger partial charge in [-0.15, -0.1) is 0 Å². The molecule has 1 saturated carbocycles. The van der Waals surface area contributed by atoms with Crippen molar-refractivity contribution in [3.05, 3.63) is 26.8 Å². The van der Waals surface area contributed by atoms with E-state index < -0.39 is 0 Å². The van der Waals surface area contributed by atoms with Gasteiger partial charge >= 0.3 is 0 Å². The topological polar surface area (TPSA) is 15.3 Å². The van der Waals surface area contributed by atoms with Crippen LogP contribution in [0.5, 0.6) is 0 Å². The first-order valence-corrected chi connectivity index (χ1v) is 9.33. The van der Waals surface area contributed by atoms with Gasteiger partial charge in [-0.3, -0.25) is 0 Å². The van der Waals surface area contributed by atoms with E-state index in [1.54, 1.807) is 0 Å². The lowest BCUT2D eigenvalue weighted by Gasteiger charge is -2.49. The summed E-state index contributed by atoms with van der Waals surface area (Å²) < 4.78 is 1.20. The highest BCUT2D eigenvalue weighted by molar-refractivity contribution is 14.1. The van der Waals surface area contributed by atoms with Crippen molar-refractivity contribution in [2.24, 2.45) is 11.8 Å². The normalized spacial score (nSPS) is 30.0. The number of anilines is 1. The largest absolute Gasteiger partial charge is 0.364 e. The fraction of sp³-hybridized carbons (Fsp3) is 0.647. The molecule has 116 valence electrons. The van der Waals surface area contributed by atoms with Gasteiger partial charge in [-0.1, -0.05) is 25.4 Å². The predicted molar refractivity (Wildman–Crippen MR) is 99.3 cm³/mol. The van der Waals surface area contributed by atoms with Gasteiger partial charge in [0.25, 0.3) is 0 Å². The van der Waals surface area contributed by atoms with E-state index in [4.69, 9.17) is 11.6 Å². The second-order valence-electron chi connectivity index (χ2n) is 7.11. The van der Waals surface area contributed by atoms with Crippen molar-refractivity contribution in [2.45, 2.75) is 45.2 Å². The Morgan fingerprint density at radius 2 is 2.10 bits per heavy atom. The molecule has 2 nitrogen and oxygen atoms in total. The summed E-state index contributed by atoms with van der Waals surface area (Å²) in [5, 5.41) is 4.72. The Hall–Kier alpha value is -0.0000000000000000555. The molecular formula is C17H24ClIN2. The fourth-order valence-corrected chi connectivity index (χ4v) is 4.51. The average Bonchev–Trinajstić information content (AvgIpc) is 3.22. The first-order chi connectivity index (χ1) is 9.90. The molecule has 0 aromatic heterocycles. The number of rotatable bonds is 3. The Balaban J connectivity index is 1.93. The molecule has 1 saturated heterocycles. The van der Waals surface area contributed by atoms with Crippen molar-refractivity contribution in [3.8, 4) is 0 Å². The van der Waals surface area contributed by atoms with Gasteiger partial charge in [0.1, 0.15) is 0 Å². The minimum absolute atomic E-state index is 0.234. The molecule has 1 aromatic rings. The van der Waals surface area contributed by atoms with Crippen LogP contribution in [0.15, 0.2) is 18.2 Å². The van der Waals surface area contributed by atoms with E-state index in [-0.39, 0.29) is 5.54 Å². The minimum Gasteiger partial charge on any atom is -0.364 e. The van der Waals surface area contributed by atoms with Gasteiger partial charge in [-0.2, -0.15) is 0 Å². The summed E-state index contributed by atoms with van der Waals surface area (Å²) in [6.07, 6.45) is 2.73. The van der Waals surface area contributed by atoms with Crippen molar-refractivity contribution in [2.75, 3.05) is 18.0 Å². The average molecular weight is 419 g/mol. The van der Waals surface area contributed by atoms with E-state index in [1.165, 1.54) is 22.1 Å². The lowest BCUT2D eigenvalue weighted by molar-refractivity contribution is 0.233. The van der Waals surface area contributed by atoms with Crippen LogP contribution in [-0.4, -0.2) is 24.7 Å². The van der Waals surface area contributed by atoms with Crippen LogP contribution in [0.2, 0.25) is 5.02 Å². The van der Waals surface area contributed by atoms with Gasteiger partial charge in [0.2, 0.25) is 0 Å². The van der Waals surface area contributed by atoms with Gasteiger partial charge in [0.05, 0.1) is 10.7 Å². The number of nitrogens with one attached hydrogen (secondary N) is 1. The van der Waals surface area contributed by atoms with Gasteiger partial charge in [-0.25, -0.2) is 0 Å². The number of piperazine rings is 1. The van der Waals surface area contributed by atoms with E-state index in [0.717, 1.165) is 24.0 Å². The van der Waals surface area contributed by atoms with Gasteiger partial charge in [0.15, 0.2) is 0 Å². The summed E-state index contributed by atoms with van der Waals surface area (Å²) in [6, 6.07) is 6.94. The number of hydrogen-bond donors (Lipinski definition) is 1. The molecular weight excluding hydrogens is 395 g/mol. The molecule has 1 aliphatic heterocycles. The maximum Gasteiger partial charge on any atom is 0.0650 e. The zero-order valence-electron chi connectivity index (χ0n) is 13.0. The molecule has 3 rings (SSSR count). The van der Waals surface area contributed by atoms with E-state index in [9.17, 15) is 0 Å². The molecule has 1 N–H and O–H groups in total. The summed E-state index contributed by atoms with van der Waals surface area (Å²) >= 11 is 8.88. The molecule has 0 radical (unpaired) electrons. The number of halogens is 2. The molecule has 1 aromatic carbocycles. The van der Waals surface area contributed by atoms with Crippen LogP contribution < -0.4 is 10.2 Å². The minimum atomic E-state index is 0.234. The van der Waals surface area contributed by atoms with Crippen molar-refractivity contribution in [1.29, 1.82) is 0 Å². The van der Waals surface area contributed by atoms with Crippen molar-refractivity contribution < 1.29 is 0 Å². The first-order valence-electron chi connectivity index (χ1n) is 7.87. The highest BCUT2D eigenvalue weighted by Gasteiger charge is 2.46. The van der Waals surface area contributed by atoms with E-state index in [0.29, 0.717) is 12.0 Å². The van der Waals surface area contributed by atoms with Crippen LogP contribution in [-0.2, 0) is 0 Å². The predicted octanol–water partition coefficient (Wildman–Crippen LogP) is 4.55. The van der Waals surface area contributed by atoms with Crippen molar-refractivity contribution in [1.82, 2.24) is 5.32 Å². The third-order valence-corrected chi connectivity index (χ3v) is 6.05. The van der Waals surface area contributed by atoms with E-state index in [2.05, 4.69) is 71.8 Å². The maximum atomic E-state index is 6.55. The Kier molecular flexibility index (Phi) is 4.46. The molecule has 1 aliphatic carbocycles. The highest BCUT2D eigenvalue weighted by Crippen LogP contribution is 2.43. The molecule has 0 bridgehead atoms. The van der Waals surface area contributed by atoms with E-state index in [1.807, 2.05) is 0 Å². The molecule has 2 unspecified atom stereocenters. The van der Waals surface area contributed by atoms with Gasteiger partial charge in [-0.05, 0) is 72.4 Å². The molecule has 2 fully saturated rings. The van der Waals surface area contributed by atoms with Crippen LogP contribution in [0.3, 0.4) is 0 Å². The maximum absolute atomic E-state index is 6.55. The van der Waals surface area contributed by atoms with Crippen LogP contribution in [0.1, 0.15) is 33.6 Å². The van der Waals surface area contributed by atoms with Crippen molar-refractivity contribution in [3.63, 3.8) is 0 Å². The molecule has 2 atom stereocenters. The molecule has 4 heteroatoms. The highest BCUT2D eigenvalue weighted by atomic mass is 127. The summed E-state index contributed by atoms with van der Waals surface area (Å²) in [5.41, 5.74) is 1.43. The molecule has 2 aliphatic rings. The second kappa shape index (κ2) is 5.89. The zero-order valence-corrected chi connectivity index (χ0v) is 15.9. The van der Waals surface area contributed by atoms with Gasteiger partial charge < -0.3 is 10.2 Å². The third-order valence-electron chi connectivity index (χ3n) is 5.08. The second-order valence-corrected chi connectivity index (χ2v) is 8.76. The van der Waals surface area contributed by atoms with Crippen LogP contribution in [0.4, 0.5) is 5.69 Å². The fourth-order valence-electron chi connectivity index (χ4n) is 3.54. The summed E-state index contributed by atoms with van der Waals surface area (Å²) in [6.45, 7) is 9.10. The number of benzene rings is 1. The smallest absolute Gasteiger partial charge is 0.0650 e. The first kappa shape index (κ1) is 15.9. The van der Waals surface area contributed by atoms with E-state index >= 15 is 0 Å². The van der Waals surface area contributed by atoms with Crippen LogP contribution in [0, 0.1) is 15.4 Å². The molecule has 0 spiro atoms. The number of hydrogen-bond acceptors (Lipinski definition) is 2. The van der Waals surface area contributed by atoms with Crippen LogP contribution >= 0.6 is 34.2 Å². The molecule has 0 amide bonds. The Morgan fingerprint density at radius 3 is 2.67 bits per heavy atom. The lowest BCUT2D eigenvalue weighted by Crippen LogP contribution is -2.65. The Bertz CT molecular complexity index is 530. The standard InChI is InChI=1S/C17H24ClIN2/c1-11(2)16-9-20-17(3,12-4-5-12)10-21(16)15-7-6-13(19)8-14(15)18/h6-8,11-12,16,20H,4-5,9-10H2,1-3H3. The summed E-state index contributed by atoms with van der Waals surface area (Å²) in [7, 11) is 0. The third kappa shape index (κ3) is 3.20. The van der Waals surface area contributed by atoms with Crippen LogP contribution in [0.25, 0.3) is 0 Å². The number of nitrogens with zero attached hydrogens (tertiary/aromatic N) is 1. The monoisotopic (exact) mass is 418 g/mol. The molecule has 1 heterocycles. The lowest BCUT2D eigenvalue weighted by atomic mass is 9.87.